The van der Waals surface area contributed by atoms with Crippen LogP contribution in [0.1, 0.15) is 25.0 Å². The van der Waals surface area contributed by atoms with Crippen molar-refractivity contribution in [3.8, 4) is 17.6 Å². The first-order valence-electron chi connectivity index (χ1n) is 9.94. The van der Waals surface area contributed by atoms with E-state index in [4.69, 9.17) is 27.0 Å². The van der Waals surface area contributed by atoms with Crippen molar-refractivity contribution in [1.29, 1.82) is 5.26 Å². The average Bonchev–Trinajstić information content (AvgIpc) is 2.95. The van der Waals surface area contributed by atoms with Crippen molar-refractivity contribution in [2.24, 2.45) is 0 Å². The van der Waals surface area contributed by atoms with E-state index in [9.17, 15) is 27.5 Å². The van der Waals surface area contributed by atoms with E-state index >= 15 is 0 Å². The Morgan fingerprint density at radius 3 is 2.59 bits per heavy atom. The van der Waals surface area contributed by atoms with Crippen molar-refractivity contribution >= 4 is 34.6 Å². The second kappa shape index (κ2) is 8.11. The van der Waals surface area contributed by atoms with Crippen LogP contribution in [0.5, 0.6) is 11.5 Å². The second-order valence-electron chi connectivity index (χ2n) is 8.14. The van der Waals surface area contributed by atoms with E-state index in [0.717, 1.165) is 0 Å². The summed E-state index contributed by atoms with van der Waals surface area (Å²) in [4.78, 5) is 15.3. The Kier molecular flexibility index (Phi) is 5.65. The van der Waals surface area contributed by atoms with Crippen LogP contribution in [0.3, 0.4) is 0 Å². The number of ether oxygens (including phenoxy) is 2. The van der Waals surface area contributed by atoms with Gasteiger partial charge in [0.25, 0.3) is 5.91 Å². The molecular formula is C22H17F4N3O4S. The summed E-state index contributed by atoms with van der Waals surface area (Å²) < 4.78 is 66.4. The van der Waals surface area contributed by atoms with Crippen molar-refractivity contribution in [2.75, 3.05) is 23.0 Å². The topological polar surface area (TPSA) is 86.0 Å². The van der Waals surface area contributed by atoms with Gasteiger partial charge in [-0.15, -0.1) is 0 Å². The first kappa shape index (κ1) is 23.7. The maximum absolute atomic E-state index is 14.8. The van der Waals surface area contributed by atoms with E-state index < -0.39 is 46.4 Å². The molecule has 0 aliphatic carbocycles. The van der Waals surface area contributed by atoms with Gasteiger partial charge in [-0.25, -0.2) is 4.39 Å². The summed E-state index contributed by atoms with van der Waals surface area (Å²) >= 11 is 5.41. The van der Waals surface area contributed by atoms with Crippen LogP contribution in [0.15, 0.2) is 30.3 Å². The number of halogens is 4. The van der Waals surface area contributed by atoms with Crippen LogP contribution in [0.4, 0.5) is 28.9 Å². The number of aliphatic hydroxyl groups is 1. The quantitative estimate of drug-likeness (QED) is 0.513. The van der Waals surface area contributed by atoms with Gasteiger partial charge in [-0.3, -0.25) is 9.69 Å². The van der Waals surface area contributed by atoms with Gasteiger partial charge in [0.1, 0.15) is 18.0 Å². The first-order valence-corrected chi connectivity index (χ1v) is 10.3. The molecule has 7 nitrogen and oxygen atoms in total. The summed E-state index contributed by atoms with van der Waals surface area (Å²) in [5.74, 6) is -1.29. The van der Waals surface area contributed by atoms with Crippen LogP contribution in [-0.2, 0) is 11.0 Å². The van der Waals surface area contributed by atoms with Crippen molar-refractivity contribution < 1.29 is 36.9 Å². The van der Waals surface area contributed by atoms with Crippen molar-refractivity contribution in [3.63, 3.8) is 0 Å². The summed E-state index contributed by atoms with van der Waals surface area (Å²) in [6.45, 7) is 2.82. The van der Waals surface area contributed by atoms with E-state index in [1.807, 2.05) is 0 Å². The summed E-state index contributed by atoms with van der Waals surface area (Å²) in [6.07, 6.45) is -5.49. The Hall–Kier alpha value is -3.43. The highest BCUT2D eigenvalue weighted by molar-refractivity contribution is 7.81. The molecule has 178 valence electrons. The fourth-order valence-corrected chi connectivity index (χ4v) is 4.35. The highest BCUT2D eigenvalue weighted by atomic mass is 32.1. The normalized spacial score (nSPS) is 19.4. The van der Waals surface area contributed by atoms with Gasteiger partial charge in [0.2, 0.25) is 0 Å². The maximum Gasteiger partial charge on any atom is 0.417 e. The Labute approximate surface area is 196 Å². The number of benzene rings is 2. The largest absolute Gasteiger partial charge is 0.486 e. The zero-order chi connectivity index (χ0) is 25.0. The lowest BCUT2D eigenvalue weighted by Crippen LogP contribution is -2.44. The highest BCUT2D eigenvalue weighted by Crippen LogP contribution is 2.43. The van der Waals surface area contributed by atoms with Crippen molar-refractivity contribution in [3.05, 3.63) is 47.3 Å². The number of nitriles is 1. The molecule has 2 aliphatic rings. The monoisotopic (exact) mass is 495 g/mol. The molecule has 0 aromatic heterocycles. The fourth-order valence-electron chi connectivity index (χ4n) is 3.83. The molecule has 2 heterocycles. The Morgan fingerprint density at radius 1 is 1.26 bits per heavy atom. The van der Waals surface area contributed by atoms with Crippen LogP contribution in [0, 0.1) is 17.1 Å². The minimum absolute atomic E-state index is 0.0858. The third-order valence-corrected chi connectivity index (χ3v) is 5.89. The molecule has 2 aromatic carbocycles. The molecule has 0 bridgehead atoms. The molecule has 4 rings (SSSR count). The molecule has 2 aromatic rings. The Balaban J connectivity index is 1.78. The molecule has 1 fully saturated rings. The number of alkyl halides is 3. The van der Waals surface area contributed by atoms with Crippen LogP contribution >= 0.6 is 12.2 Å². The predicted molar refractivity (Wildman–Crippen MR) is 116 cm³/mol. The number of carbonyl (C=O) groups is 1. The SMILES string of the molecule is CC1(C)C(=O)N(c2cc(C(F)(F)F)c(C#N)cc2F)C(=S)N1c1ccc2c(c1)OCC(CO)O2. The molecule has 2 aliphatic heterocycles. The molecule has 0 radical (unpaired) electrons. The van der Waals surface area contributed by atoms with Gasteiger partial charge < -0.3 is 19.5 Å². The number of rotatable bonds is 3. The van der Waals surface area contributed by atoms with Crippen LogP contribution in [-0.4, -0.2) is 41.0 Å². The minimum Gasteiger partial charge on any atom is -0.486 e. The molecular weight excluding hydrogens is 478 g/mol. The molecule has 12 heteroatoms. The number of hydrogen-bond acceptors (Lipinski definition) is 6. The number of amides is 1. The number of hydrogen-bond donors (Lipinski definition) is 1. The molecule has 1 saturated heterocycles. The molecule has 1 amide bonds. The fraction of sp³-hybridized carbons (Fsp3) is 0.318. The average molecular weight is 495 g/mol. The summed E-state index contributed by atoms with van der Waals surface area (Å²) in [7, 11) is 0. The second-order valence-corrected chi connectivity index (χ2v) is 8.51. The van der Waals surface area contributed by atoms with Crippen molar-refractivity contribution in [1.82, 2.24) is 0 Å². The number of carbonyl (C=O) groups excluding carboxylic acids is 1. The standard InChI is InChI=1S/C22H17F4N3O4S/c1-21(2)19(31)28(16-7-14(22(24,25)26)11(8-27)5-15(16)23)20(34)29(21)12-3-4-17-18(6-12)32-10-13(9-30)33-17/h3-7,13,30H,9-10H2,1-2H3. The zero-order valence-corrected chi connectivity index (χ0v) is 18.6. The number of thiocarbonyl (C=S) groups is 1. The van der Waals surface area contributed by atoms with Crippen molar-refractivity contribution in [2.45, 2.75) is 31.7 Å². The van der Waals surface area contributed by atoms with Crippen LogP contribution < -0.4 is 19.3 Å². The van der Waals surface area contributed by atoms with Gasteiger partial charge in [-0.05, 0) is 50.3 Å². The molecule has 34 heavy (non-hydrogen) atoms. The van der Waals surface area contributed by atoms with E-state index in [2.05, 4.69) is 0 Å². The molecule has 1 N–H and O–H groups in total. The summed E-state index contributed by atoms with van der Waals surface area (Å²) in [5, 5.41) is 18.0. The Morgan fingerprint density at radius 2 is 1.97 bits per heavy atom. The zero-order valence-electron chi connectivity index (χ0n) is 17.8. The number of fused-ring (bicyclic) bond motifs is 1. The van der Waals surface area contributed by atoms with Gasteiger partial charge in [-0.2, -0.15) is 18.4 Å². The first-order chi connectivity index (χ1) is 15.9. The maximum atomic E-state index is 14.8. The summed E-state index contributed by atoms with van der Waals surface area (Å²) in [6, 6.07) is 6.81. The van der Waals surface area contributed by atoms with Crippen LogP contribution in [0.25, 0.3) is 0 Å². The minimum atomic E-state index is -4.95. The molecule has 0 spiro atoms. The lowest BCUT2D eigenvalue weighted by molar-refractivity contribution is -0.137. The molecule has 0 saturated carbocycles. The van der Waals surface area contributed by atoms with Gasteiger partial charge in [0.15, 0.2) is 22.7 Å². The van der Waals surface area contributed by atoms with E-state index in [1.165, 1.54) is 30.9 Å². The number of nitrogens with zero attached hydrogens (tertiary/aromatic N) is 3. The highest BCUT2D eigenvalue weighted by Gasteiger charge is 2.51. The van der Waals surface area contributed by atoms with Gasteiger partial charge >= 0.3 is 6.18 Å². The smallest absolute Gasteiger partial charge is 0.417 e. The Bertz CT molecular complexity index is 1240. The van der Waals surface area contributed by atoms with Crippen LogP contribution in [0.2, 0.25) is 0 Å². The number of anilines is 2. The lowest BCUT2D eigenvalue weighted by Gasteiger charge is -2.31. The van der Waals surface area contributed by atoms with Gasteiger partial charge in [0, 0.05) is 11.8 Å². The predicted octanol–water partition coefficient (Wildman–Crippen LogP) is 3.76. The summed E-state index contributed by atoms with van der Waals surface area (Å²) in [5.41, 5.74) is -4.03. The van der Waals surface area contributed by atoms with E-state index in [0.29, 0.717) is 34.2 Å². The van der Waals surface area contributed by atoms with E-state index in [1.54, 1.807) is 12.1 Å². The molecule has 1 atom stereocenters. The number of aliphatic hydroxyl groups excluding tert-OH is 1. The third-order valence-electron chi connectivity index (χ3n) is 5.53. The molecule has 1 unspecified atom stereocenters. The lowest BCUT2D eigenvalue weighted by atomic mass is 10.0. The van der Waals surface area contributed by atoms with E-state index in [-0.39, 0.29) is 18.3 Å². The third kappa shape index (κ3) is 3.70. The van der Waals surface area contributed by atoms with Gasteiger partial charge in [-0.1, -0.05) is 0 Å². The van der Waals surface area contributed by atoms with Gasteiger partial charge in [0.05, 0.1) is 29.5 Å².